The van der Waals surface area contributed by atoms with Gasteiger partial charge in [-0.3, -0.25) is 4.79 Å². The minimum atomic E-state index is -0.109. The van der Waals surface area contributed by atoms with E-state index < -0.39 is 0 Å². The van der Waals surface area contributed by atoms with Crippen LogP contribution >= 0.6 is 11.6 Å². The summed E-state index contributed by atoms with van der Waals surface area (Å²) in [5.74, 6) is 1.08. The van der Waals surface area contributed by atoms with Crippen LogP contribution in [0.2, 0.25) is 5.15 Å². The fourth-order valence-corrected chi connectivity index (χ4v) is 2.25. The molecule has 1 unspecified atom stereocenters. The molecule has 4 nitrogen and oxygen atoms in total. The topological polar surface area (TPSA) is 54.0 Å². The summed E-state index contributed by atoms with van der Waals surface area (Å²) in [6.45, 7) is 9.16. The smallest absolute Gasteiger partial charge is 0.251 e. The molecule has 1 aromatic heterocycles. The molecule has 0 fully saturated rings. The van der Waals surface area contributed by atoms with Gasteiger partial charge in [0.05, 0.1) is 0 Å². The molecule has 0 aliphatic heterocycles. The standard InChI is InChI=1S/C15H24ClN3O/c1-5-6-17-14-9-12(8-13(16)19-14)15(20)18-11(4)7-10(2)3/h8-11H,5-7H2,1-4H3,(H,17,19)(H,18,20). The van der Waals surface area contributed by atoms with Crippen molar-refractivity contribution in [1.82, 2.24) is 10.3 Å². The lowest BCUT2D eigenvalue weighted by molar-refractivity contribution is 0.0936. The molecular weight excluding hydrogens is 274 g/mol. The van der Waals surface area contributed by atoms with E-state index in [-0.39, 0.29) is 11.9 Å². The largest absolute Gasteiger partial charge is 0.370 e. The van der Waals surface area contributed by atoms with Crippen molar-refractivity contribution in [3.05, 3.63) is 22.8 Å². The number of carbonyl (C=O) groups is 1. The van der Waals surface area contributed by atoms with Gasteiger partial charge >= 0.3 is 0 Å². The number of aromatic nitrogens is 1. The number of rotatable bonds is 7. The Morgan fingerprint density at radius 2 is 2.05 bits per heavy atom. The second kappa shape index (κ2) is 8.10. The average Bonchev–Trinajstić information content (AvgIpc) is 2.34. The van der Waals surface area contributed by atoms with Gasteiger partial charge < -0.3 is 10.6 Å². The number of hydrogen-bond acceptors (Lipinski definition) is 3. The number of pyridine rings is 1. The molecule has 20 heavy (non-hydrogen) atoms. The Hall–Kier alpha value is -1.29. The van der Waals surface area contributed by atoms with E-state index in [4.69, 9.17) is 11.6 Å². The summed E-state index contributed by atoms with van der Waals surface area (Å²) in [6, 6.07) is 3.47. The molecule has 1 heterocycles. The van der Waals surface area contributed by atoms with Crippen LogP contribution in [0, 0.1) is 5.92 Å². The summed E-state index contributed by atoms with van der Waals surface area (Å²) in [7, 11) is 0. The van der Waals surface area contributed by atoms with E-state index >= 15 is 0 Å². The van der Waals surface area contributed by atoms with Crippen molar-refractivity contribution in [3.8, 4) is 0 Å². The SMILES string of the molecule is CCCNc1cc(C(=O)NC(C)CC(C)C)cc(Cl)n1. The van der Waals surface area contributed by atoms with Gasteiger partial charge in [0.2, 0.25) is 0 Å². The van der Waals surface area contributed by atoms with Gasteiger partial charge in [-0.25, -0.2) is 4.98 Å². The molecule has 0 aliphatic carbocycles. The Morgan fingerprint density at radius 3 is 2.65 bits per heavy atom. The third-order valence-electron chi connectivity index (χ3n) is 2.81. The van der Waals surface area contributed by atoms with Crippen molar-refractivity contribution in [2.45, 2.75) is 46.6 Å². The zero-order chi connectivity index (χ0) is 15.1. The van der Waals surface area contributed by atoms with Crippen LogP contribution in [0.3, 0.4) is 0 Å². The van der Waals surface area contributed by atoms with Crippen LogP contribution in [0.5, 0.6) is 0 Å². The molecule has 2 N–H and O–H groups in total. The Balaban J connectivity index is 2.74. The predicted octanol–water partition coefficient (Wildman–Crippen LogP) is 3.72. The van der Waals surface area contributed by atoms with Crippen LogP contribution in [0.15, 0.2) is 12.1 Å². The monoisotopic (exact) mass is 297 g/mol. The molecular formula is C15H24ClN3O. The Bertz CT molecular complexity index is 449. The maximum absolute atomic E-state index is 12.2. The van der Waals surface area contributed by atoms with Crippen molar-refractivity contribution >= 4 is 23.3 Å². The molecule has 0 saturated carbocycles. The first-order valence-electron chi connectivity index (χ1n) is 7.14. The highest BCUT2D eigenvalue weighted by atomic mass is 35.5. The molecule has 1 atom stereocenters. The van der Waals surface area contributed by atoms with Gasteiger partial charge in [-0.15, -0.1) is 0 Å². The molecule has 0 radical (unpaired) electrons. The van der Waals surface area contributed by atoms with E-state index in [2.05, 4.69) is 36.4 Å². The van der Waals surface area contributed by atoms with Crippen molar-refractivity contribution in [2.75, 3.05) is 11.9 Å². The van der Waals surface area contributed by atoms with Gasteiger partial charge in [0, 0.05) is 18.2 Å². The van der Waals surface area contributed by atoms with E-state index in [0.29, 0.717) is 22.5 Å². The third-order valence-corrected chi connectivity index (χ3v) is 3.01. The van der Waals surface area contributed by atoms with Gasteiger partial charge in [-0.2, -0.15) is 0 Å². The molecule has 5 heteroatoms. The maximum atomic E-state index is 12.2. The number of nitrogens with one attached hydrogen (secondary N) is 2. The average molecular weight is 298 g/mol. The van der Waals surface area contributed by atoms with Gasteiger partial charge in [0.1, 0.15) is 11.0 Å². The number of amides is 1. The summed E-state index contributed by atoms with van der Waals surface area (Å²) in [4.78, 5) is 16.3. The van der Waals surface area contributed by atoms with E-state index in [9.17, 15) is 4.79 Å². The van der Waals surface area contributed by atoms with Crippen molar-refractivity contribution in [3.63, 3.8) is 0 Å². The number of nitrogens with zero attached hydrogens (tertiary/aromatic N) is 1. The molecule has 0 spiro atoms. The molecule has 0 bridgehead atoms. The van der Waals surface area contributed by atoms with Crippen LogP contribution in [0.1, 0.15) is 50.9 Å². The van der Waals surface area contributed by atoms with Crippen LogP contribution in [-0.2, 0) is 0 Å². The van der Waals surface area contributed by atoms with E-state index in [0.717, 1.165) is 19.4 Å². The van der Waals surface area contributed by atoms with Gasteiger partial charge in [0.15, 0.2) is 0 Å². The van der Waals surface area contributed by atoms with E-state index in [1.54, 1.807) is 12.1 Å². The lowest BCUT2D eigenvalue weighted by Gasteiger charge is -2.16. The number of hydrogen-bond donors (Lipinski definition) is 2. The second-order valence-electron chi connectivity index (χ2n) is 5.49. The quantitative estimate of drug-likeness (QED) is 0.754. The van der Waals surface area contributed by atoms with Crippen LogP contribution < -0.4 is 10.6 Å². The fraction of sp³-hybridized carbons (Fsp3) is 0.600. The highest BCUT2D eigenvalue weighted by molar-refractivity contribution is 6.29. The first-order valence-corrected chi connectivity index (χ1v) is 7.52. The summed E-state index contributed by atoms with van der Waals surface area (Å²) in [6.07, 6.45) is 1.94. The van der Waals surface area contributed by atoms with Crippen LogP contribution in [0.25, 0.3) is 0 Å². The highest BCUT2D eigenvalue weighted by Crippen LogP contribution is 2.15. The van der Waals surface area contributed by atoms with Crippen LogP contribution in [-0.4, -0.2) is 23.5 Å². The molecule has 1 amide bonds. The molecule has 1 aromatic rings. The van der Waals surface area contributed by atoms with Crippen molar-refractivity contribution in [2.24, 2.45) is 5.92 Å². The minimum Gasteiger partial charge on any atom is -0.370 e. The van der Waals surface area contributed by atoms with Crippen molar-refractivity contribution in [1.29, 1.82) is 0 Å². The highest BCUT2D eigenvalue weighted by Gasteiger charge is 2.13. The Morgan fingerprint density at radius 1 is 1.35 bits per heavy atom. The summed E-state index contributed by atoms with van der Waals surface area (Å²) >= 11 is 5.96. The number of halogens is 1. The molecule has 112 valence electrons. The summed E-state index contributed by atoms with van der Waals surface area (Å²) < 4.78 is 0. The first-order chi connectivity index (χ1) is 9.42. The van der Waals surface area contributed by atoms with E-state index in [1.807, 2.05) is 6.92 Å². The lowest BCUT2D eigenvalue weighted by atomic mass is 10.0. The third kappa shape index (κ3) is 5.78. The van der Waals surface area contributed by atoms with Crippen molar-refractivity contribution < 1.29 is 4.79 Å². The summed E-state index contributed by atoms with van der Waals surface area (Å²) in [5, 5.41) is 6.45. The molecule has 1 rings (SSSR count). The first kappa shape index (κ1) is 16.8. The Labute approximate surface area is 126 Å². The normalized spacial score (nSPS) is 12.3. The zero-order valence-electron chi connectivity index (χ0n) is 12.7. The predicted molar refractivity (Wildman–Crippen MR) is 84.4 cm³/mol. The number of anilines is 1. The van der Waals surface area contributed by atoms with Gasteiger partial charge in [-0.05, 0) is 37.8 Å². The summed E-state index contributed by atoms with van der Waals surface area (Å²) in [5.41, 5.74) is 0.541. The number of carbonyl (C=O) groups excluding carboxylic acids is 1. The lowest BCUT2D eigenvalue weighted by Crippen LogP contribution is -2.33. The molecule has 0 aliphatic rings. The van der Waals surface area contributed by atoms with Gasteiger partial charge in [0.25, 0.3) is 5.91 Å². The maximum Gasteiger partial charge on any atom is 0.251 e. The second-order valence-corrected chi connectivity index (χ2v) is 5.88. The Kier molecular flexibility index (Phi) is 6.79. The molecule has 0 saturated heterocycles. The zero-order valence-corrected chi connectivity index (χ0v) is 13.4. The minimum absolute atomic E-state index is 0.109. The van der Waals surface area contributed by atoms with Gasteiger partial charge in [-0.1, -0.05) is 32.4 Å². The molecule has 0 aromatic carbocycles. The van der Waals surface area contributed by atoms with E-state index in [1.165, 1.54) is 0 Å². The van der Waals surface area contributed by atoms with Crippen LogP contribution in [0.4, 0.5) is 5.82 Å². The fourth-order valence-electron chi connectivity index (χ4n) is 2.04.